The first-order valence-corrected chi connectivity index (χ1v) is 8.51. The Morgan fingerprint density at radius 2 is 2.17 bits per heavy atom. The molecule has 1 amide bonds. The van der Waals surface area contributed by atoms with Gasteiger partial charge in [0.2, 0.25) is 5.91 Å². The number of carbonyl (C=O) groups excluding carboxylic acids is 1. The normalized spacial score (nSPS) is 28.8. The van der Waals surface area contributed by atoms with Gasteiger partial charge in [0, 0.05) is 44.5 Å². The van der Waals surface area contributed by atoms with Crippen LogP contribution in [-0.4, -0.2) is 70.2 Å². The number of aromatic nitrogens is 2. The van der Waals surface area contributed by atoms with Crippen molar-refractivity contribution in [3.63, 3.8) is 0 Å². The van der Waals surface area contributed by atoms with Crippen molar-refractivity contribution < 1.29 is 14.6 Å². The Morgan fingerprint density at radius 1 is 1.35 bits per heavy atom. The average Bonchev–Trinajstić information content (AvgIpc) is 3.19. The van der Waals surface area contributed by atoms with E-state index in [1.165, 1.54) is 0 Å². The summed E-state index contributed by atoms with van der Waals surface area (Å²) in [6, 6.07) is 1.90. The maximum atomic E-state index is 12.1. The van der Waals surface area contributed by atoms with Crippen LogP contribution < -0.4 is 5.32 Å². The summed E-state index contributed by atoms with van der Waals surface area (Å²) in [5.41, 5.74) is 0. The quantitative estimate of drug-likeness (QED) is 0.771. The number of carbonyl (C=O) groups is 1. The molecule has 1 saturated heterocycles. The number of nitrogens with zero attached hydrogens (tertiary/aromatic N) is 3. The first kappa shape index (κ1) is 16.4. The number of aliphatic hydroxyl groups excluding tert-OH is 1. The second-order valence-electron chi connectivity index (χ2n) is 6.33. The molecule has 3 rings (SSSR count). The van der Waals surface area contributed by atoms with E-state index in [2.05, 4.69) is 15.3 Å². The molecule has 1 aromatic rings. The zero-order valence-electron chi connectivity index (χ0n) is 13.4. The predicted octanol–water partition coefficient (Wildman–Crippen LogP) is 0.00360. The van der Waals surface area contributed by atoms with E-state index in [-0.39, 0.29) is 18.0 Å². The number of morpholine rings is 1. The maximum Gasteiger partial charge on any atom is 0.220 e. The minimum absolute atomic E-state index is 0.0174. The third kappa shape index (κ3) is 4.31. The molecule has 2 fully saturated rings. The van der Waals surface area contributed by atoms with Gasteiger partial charge in [-0.1, -0.05) is 0 Å². The second-order valence-corrected chi connectivity index (χ2v) is 6.33. The fraction of sp³-hybridized carbons (Fsp3) is 0.750. The number of aryl methyl sites for hydroxylation is 1. The molecule has 3 atom stereocenters. The molecule has 1 aliphatic heterocycles. The monoisotopic (exact) mass is 322 g/mol. The maximum absolute atomic E-state index is 12.1. The standard InChI is InChI=1S/C16H26N4O3/c21-15(3-1-7-20-8-2-6-17-20)18-13-4-5-14(16(13)22)19-9-11-23-12-10-19/h2,6,8,13-14,16,22H,1,3-5,7,9-12H2,(H,18,21)/t13-,14-,16-/m1/s1. The number of nitrogens with one attached hydrogen (secondary N) is 1. The minimum atomic E-state index is -0.483. The molecule has 23 heavy (non-hydrogen) atoms. The summed E-state index contributed by atoms with van der Waals surface area (Å²) in [5.74, 6) is 0.0174. The van der Waals surface area contributed by atoms with Crippen molar-refractivity contribution in [3.8, 4) is 0 Å². The van der Waals surface area contributed by atoms with Gasteiger partial charge in [-0.05, 0) is 25.3 Å². The fourth-order valence-electron chi connectivity index (χ4n) is 3.54. The number of amides is 1. The summed E-state index contributed by atoms with van der Waals surface area (Å²) in [6.07, 6.45) is 6.14. The Kier molecular flexibility index (Phi) is 5.64. The van der Waals surface area contributed by atoms with Crippen LogP contribution >= 0.6 is 0 Å². The van der Waals surface area contributed by atoms with Crippen LogP contribution in [0.2, 0.25) is 0 Å². The van der Waals surface area contributed by atoms with E-state index in [1.807, 2.05) is 16.9 Å². The lowest BCUT2D eigenvalue weighted by molar-refractivity contribution is -0.122. The lowest BCUT2D eigenvalue weighted by Gasteiger charge is -2.34. The molecular formula is C16H26N4O3. The van der Waals surface area contributed by atoms with Gasteiger partial charge in [-0.3, -0.25) is 14.4 Å². The summed E-state index contributed by atoms with van der Waals surface area (Å²) >= 11 is 0. The molecule has 128 valence electrons. The molecule has 2 N–H and O–H groups in total. The van der Waals surface area contributed by atoms with Crippen LogP contribution in [0.5, 0.6) is 0 Å². The number of hydrogen-bond acceptors (Lipinski definition) is 5. The Balaban J connectivity index is 1.40. The third-order valence-electron chi connectivity index (χ3n) is 4.79. The van der Waals surface area contributed by atoms with E-state index >= 15 is 0 Å². The SMILES string of the molecule is O=C(CCCn1cccn1)N[C@@H]1CC[C@@H](N2CCOCC2)[C@@H]1O. The molecule has 7 nitrogen and oxygen atoms in total. The molecule has 1 saturated carbocycles. The van der Waals surface area contributed by atoms with Crippen LogP contribution in [0.4, 0.5) is 0 Å². The van der Waals surface area contributed by atoms with Gasteiger partial charge in [0.25, 0.3) is 0 Å². The Hall–Kier alpha value is -1.44. The van der Waals surface area contributed by atoms with Crippen LogP contribution in [0.1, 0.15) is 25.7 Å². The summed E-state index contributed by atoms with van der Waals surface area (Å²) < 4.78 is 7.19. The molecule has 0 spiro atoms. The lowest BCUT2D eigenvalue weighted by atomic mass is 10.1. The molecular weight excluding hydrogens is 296 g/mol. The van der Waals surface area contributed by atoms with Crippen molar-refractivity contribution >= 4 is 5.91 Å². The molecule has 1 aliphatic carbocycles. The number of rotatable bonds is 6. The van der Waals surface area contributed by atoms with E-state index in [4.69, 9.17) is 4.74 Å². The largest absolute Gasteiger partial charge is 0.389 e. The molecule has 0 radical (unpaired) electrons. The highest BCUT2D eigenvalue weighted by molar-refractivity contribution is 5.76. The van der Waals surface area contributed by atoms with E-state index in [0.29, 0.717) is 6.42 Å². The minimum Gasteiger partial charge on any atom is -0.389 e. The van der Waals surface area contributed by atoms with Crippen LogP contribution in [0, 0.1) is 0 Å². The smallest absolute Gasteiger partial charge is 0.220 e. The third-order valence-corrected chi connectivity index (χ3v) is 4.79. The summed E-state index contributed by atoms with van der Waals surface area (Å²) in [4.78, 5) is 14.4. The zero-order chi connectivity index (χ0) is 16.1. The van der Waals surface area contributed by atoms with Gasteiger partial charge in [-0.2, -0.15) is 5.10 Å². The van der Waals surface area contributed by atoms with Crippen molar-refractivity contribution in [1.82, 2.24) is 20.0 Å². The molecule has 0 unspecified atom stereocenters. The van der Waals surface area contributed by atoms with Crippen LogP contribution in [-0.2, 0) is 16.1 Å². The number of ether oxygens (including phenoxy) is 1. The Bertz CT molecular complexity index is 488. The summed E-state index contributed by atoms with van der Waals surface area (Å²) in [7, 11) is 0. The van der Waals surface area contributed by atoms with E-state index in [9.17, 15) is 9.90 Å². The molecule has 1 aromatic heterocycles. The van der Waals surface area contributed by atoms with E-state index in [0.717, 1.165) is 52.1 Å². The first-order valence-electron chi connectivity index (χ1n) is 8.51. The van der Waals surface area contributed by atoms with Gasteiger partial charge in [-0.25, -0.2) is 0 Å². The molecule has 0 aromatic carbocycles. The predicted molar refractivity (Wildman–Crippen MR) is 84.8 cm³/mol. The van der Waals surface area contributed by atoms with Crippen LogP contribution in [0.25, 0.3) is 0 Å². The molecule has 2 aliphatic rings. The van der Waals surface area contributed by atoms with Gasteiger partial charge in [0.1, 0.15) is 0 Å². The highest BCUT2D eigenvalue weighted by atomic mass is 16.5. The number of hydrogen-bond donors (Lipinski definition) is 2. The summed E-state index contributed by atoms with van der Waals surface area (Å²) in [6.45, 7) is 3.93. The Morgan fingerprint density at radius 3 is 2.91 bits per heavy atom. The van der Waals surface area contributed by atoms with Crippen LogP contribution in [0.3, 0.4) is 0 Å². The highest BCUT2D eigenvalue weighted by Crippen LogP contribution is 2.25. The fourth-order valence-corrected chi connectivity index (χ4v) is 3.54. The highest BCUT2D eigenvalue weighted by Gasteiger charge is 2.39. The topological polar surface area (TPSA) is 79.6 Å². The van der Waals surface area contributed by atoms with Gasteiger partial charge in [-0.15, -0.1) is 0 Å². The van der Waals surface area contributed by atoms with Crippen molar-refractivity contribution in [1.29, 1.82) is 0 Å². The lowest BCUT2D eigenvalue weighted by Crippen LogP contribution is -2.51. The molecule has 7 heteroatoms. The van der Waals surface area contributed by atoms with Crippen LogP contribution in [0.15, 0.2) is 18.5 Å². The van der Waals surface area contributed by atoms with Crippen molar-refractivity contribution in [2.45, 2.75) is 50.4 Å². The van der Waals surface area contributed by atoms with Gasteiger partial charge >= 0.3 is 0 Å². The first-order chi connectivity index (χ1) is 11.2. The summed E-state index contributed by atoms with van der Waals surface area (Å²) in [5, 5.41) is 17.6. The number of aliphatic hydroxyl groups is 1. The average molecular weight is 322 g/mol. The molecule has 0 bridgehead atoms. The Labute approximate surface area is 136 Å². The molecule has 2 heterocycles. The van der Waals surface area contributed by atoms with Gasteiger partial charge in [0.05, 0.1) is 25.4 Å². The van der Waals surface area contributed by atoms with Crippen molar-refractivity contribution in [3.05, 3.63) is 18.5 Å². The van der Waals surface area contributed by atoms with Crippen molar-refractivity contribution in [2.75, 3.05) is 26.3 Å². The second kappa shape index (κ2) is 7.90. The van der Waals surface area contributed by atoms with Gasteiger partial charge < -0.3 is 15.2 Å². The van der Waals surface area contributed by atoms with E-state index in [1.54, 1.807) is 6.20 Å². The van der Waals surface area contributed by atoms with Crippen molar-refractivity contribution in [2.24, 2.45) is 0 Å². The van der Waals surface area contributed by atoms with E-state index < -0.39 is 6.10 Å². The van der Waals surface area contributed by atoms with Gasteiger partial charge in [0.15, 0.2) is 0 Å². The zero-order valence-corrected chi connectivity index (χ0v) is 13.4.